The van der Waals surface area contributed by atoms with Crippen molar-refractivity contribution < 1.29 is 0 Å². The molecule has 1 unspecified atom stereocenters. The summed E-state index contributed by atoms with van der Waals surface area (Å²) in [6, 6.07) is 8.24. The van der Waals surface area contributed by atoms with Crippen molar-refractivity contribution in [2.75, 3.05) is 20.1 Å². The predicted octanol–water partition coefficient (Wildman–Crippen LogP) is 3.11. The SMILES string of the molecule is CN1CCC(Cn2c(-c3cccs3)nc3cccnc32)C1. The molecule has 3 aromatic heterocycles. The number of likely N-dealkylation sites (tertiary alicyclic amines) is 1. The van der Waals surface area contributed by atoms with E-state index in [-0.39, 0.29) is 0 Å². The molecule has 0 bridgehead atoms. The molecule has 5 heteroatoms. The fourth-order valence-corrected chi connectivity index (χ4v) is 3.88. The summed E-state index contributed by atoms with van der Waals surface area (Å²) in [4.78, 5) is 13.0. The first kappa shape index (κ1) is 13.0. The fraction of sp³-hybridized carbons (Fsp3) is 0.375. The van der Waals surface area contributed by atoms with Gasteiger partial charge in [-0.05, 0) is 49.5 Å². The van der Waals surface area contributed by atoms with Gasteiger partial charge in [-0.15, -0.1) is 11.3 Å². The van der Waals surface area contributed by atoms with Crippen molar-refractivity contribution in [3.63, 3.8) is 0 Å². The average Bonchev–Trinajstić information content (AvgIpc) is 3.20. The molecule has 4 heterocycles. The lowest BCUT2D eigenvalue weighted by molar-refractivity contribution is 0.380. The molecule has 1 aliphatic heterocycles. The monoisotopic (exact) mass is 298 g/mol. The summed E-state index contributed by atoms with van der Waals surface area (Å²) >= 11 is 1.74. The Bertz CT molecular complexity index is 747. The number of fused-ring (bicyclic) bond motifs is 1. The highest BCUT2D eigenvalue weighted by Gasteiger charge is 2.23. The van der Waals surface area contributed by atoms with Crippen molar-refractivity contribution in [1.82, 2.24) is 19.4 Å². The Kier molecular flexibility index (Phi) is 3.24. The number of thiophene rings is 1. The van der Waals surface area contributed by atoms with Gasteiger partial charge < -0.3 is 9.47 Å². The number of pyridine rings is 1. The third kappa shape index (κ3) is 2.36. The molecule has 0 spiro atoms. The van der Waals surface area contributed by atoms with Gasteiger partial charge in [-0.2, -0.15) is 0 Å². The van der Waals surface area contributed by atoms with Gasteiger partial charge in [0.15, 0.2) is 11.5 Å². The molecule has 3 aromatic rings. The Balaban J connectivity index is 1.79. The lowest BCUT2D eigenvalue weighted by Crippen LogP contribution is -2.17. The fourth-order valence-electron chi connectivity index (χ4n) is 3.16. The molecule has 0 radical (unpaired) electrons. The summed E-state index contributed by atoms with van der Waals surface area (Å²) in [7, 11) is 2.20. The molecule has 0 aliphatic carbocycles. The number of hydrogen-bond acceptors (Lipinski definition) is 4. The van der Waals surface area contributed by atoms with Crippen molar-refractivity contribution in [2.24, 2.45) is 5.92 Å². The molecular formula is C16H18N4S. The van der Waals surface area contributed by atoms with Crippen LogP contribution >= 0.6 is 11.3 Å². The summed E-state index contributed by atoms with van der Waals surface area (Å²) in [5.74, 6) is 1.75. The first-order valence-electron chi connectivity index (χ1n) is 7.35. The maximum atomic E-state index is 4.81. The Morgan fingerprint density at radius 3 is 3.05 bits per heavy atom. The molecule has 21 heavy (non-hydrogen) atoms. The van der Waals surface area contributed by atoms with Crippen molar-refractivity contribution in [3.05, 3.63) is 35.8 Å². The van der Waals surface area contributed by atoms with Crippen LogP contribution in [0.2, 0.25) is 0 Å². The Hall–Kier alpha value is -1.72. The molecule has 0 amide bonds. The van der Waals surface area contributed by atoms with E-state index in [2.05, 4.69) is 45.1 Å². The lowest BCUT2D eigenvalue weighted by Gasteiger charge is -2.13. The molecule has 0 saturated carbocycles. The summed E-state index contributed by atoms with van der Waals surface area (Å²) in [6.07, 6.45) is 3.12. The van der Waals surface area contributed by atoms with E-state index in [0.29, 0.717) is 5.92 Å². The van der Waals surface area contributed by atoms with Crippen LogP contribution in [0.4, 0.5) is 0 Å². The van der Waals surface area contributed by atoms with E-state index in [9.17, 15) is 0 Å². The third-order valence-electron chi connectivity index (χ3n) is 4.18. The molecule has 108 valence electrons. The van der Waals surface area contributed by atoms with Gasteiger partial charge in [0, 0.05) is 19.3 Å². The smallest absolute Gasteiger partial charge is 0.160 e. The number of imidazole rings is 1. The van der Waals surface area contributed by atoms with Crippen LogP contribution in [-0.4, -0.2) is 39.6 Å². The molecule has 0 N–H and O–H groups in total. The maximum Gasteiger partial charge on any atom is 0.160 e. The highest BCUT2D eigenvalue weighted by atomic mass is 32.1. The van der Waals surface area contributed by atoms with Gasteiger partial charge in [0.25, 0.3) is 0 Å². The number of hydrogen-bond donors (Lipinski definition) is 0. The van der Waals surface area contributed by atoms with E-state index in [1.54, 1.807) is 11.3 Å². The topological polar surface area (TPSA) is 34.0 Å². The van der Waals surface area contributed by atoms with Crippen LogP contribution in [0.15, 0.2) is 35.8 Å². The van der Waals surface area contributed by atoms with Crippen LogP contribution in [0.25, 0.3) is 21.9 Å². The number of rotatable bonds is 3. The molecule has 1 saturated heterocycles. The second kappa shape index (κ2) is 5.24. The Labute approximate surface area is 128 Å². The highest BCUT2D eigenvalue weighted by molar-refractivity contribution is 7.13. The van der Waals surface area contributed by atoms with Crippen LogP contribution in [0.3, 0.4) is 0 Å². The zero-order valence-corrected chi connectivity index (χ0v) is 12.9. The van der Waals surface area contributed by atoms with Gasteiger partial charge in [0.2, 0.25) is 0 Å². The minimum atomic E-state index is 0.688. The van der Waals surface area contributed by atoms with Gasteiger partial charge in [-0.1, -0.05) is 6.07 Å². The zero-order chi connectivity index (χ0) is 14.2. The molecule has 1 fully saturated rings. The van der Waals surface area contributed by atoms with Crippen LogP contribution < -0.4 is 0 Å². The van der Waals surface area contributed by atoms with E-state index in [1.807, 2.05) is 12.3 Å². The summed E-state index contributed by atoms with van der Waals surface area (Å²) < 4.78 is 2.31. The maximum absolute atomic E-state index is 4.81. The van der Waals surface area contributed by atoms with Crippen LogP contribution in [0.1, 0.15) is 6.42 Å². The van der Waals surface area contributed by atoms with Crippen molar-refractivity contribution in [3.8, 4) is 10.7 Å². The average molecular weight is 298 g/mol. The standard InChI is InChI=1S/C16H18N4S/c1-19-8-6-12(10-19)11-20-15-13(4-2-7-17-15)18-16(20)14-5-3-9-21-14/h2-5,7,9,12H,6,8,10-11H2,1H3. The van der Waals surface area contributed by atoms with Gasteiger partial charge >= 0.3 is 0 Å². The third-order valence-corrected chi connectivity index (χ3v) is 5.04. The largest absolute Gasteiger partial charge is 0.308 e. The Morgan fingerprint density at radius 1 is 1.33 bits per heavy atom. The molecule has 1 atom stereocenters. The van der Waals surface area contributed by atoms with E-state index >= 15 is 0 Å². The molecule has 4 rings (SSSR count). The predicted molar refractivity (Wildman–Crippen MR) is 86.4 cm³/mol. The summed E-state index contributed by atoms with van der Waals surface area (Å²) in [5.41, 5.74) is 2.00. The number of nitrogens with zero attached hydrogens (tertiary/aromatic N) is 4. The minimum Gasteiger partial charge on any atom is -0.308 e. The quantitative estimate of drug-likeness (QED) is 0.745. The van der Waals surface area contributed by atoms with Crippen molar-refractivity contribution >= 4 is 22.5 Å². The molecule has 4 nitrogen and oxygen atoms in total. The second-order valence-electron chi connectivity index (χ2n) is 5.79. The van der Waals surface area contributed by atoms with E-state index in [0.717, 1.165) is 30.1 Å². The Morgan fingerprint density at radius 2 is 2.29 bits per heavy atom. The van der Waals surface area contributed by atoms with Gasteiger partial charge in [0.05, 0.1) is 4.88 Å². The van der Waals surface area contributed by atoms with E-state index in [1.165, 1.54) is 17.8 Å². The van der Waals surface area contributed by atoms with Gasteiger partial charge in [0.1, 0.15) is 5.52 Å². The van der Waals surface area contributed by atoms with Crippen LogP contribution in [0.5, 0.6) is 0 Å². The van der Waals surface area contributed by atoms with Gasteiger partial charge in [-0.25, -0.2) is 9.97 Å². The second-order valence-corrected chi connectivity index (χ2v) is 6.73. The zero-order valence-electron chi connectivity index (χ0n) is 12.1. The normalized spacial score (nSPS) is 19.6. The van der Waals surface area contributed by atoms with E-state index in [4.69, 9.17) is 4.98 Å². The summed E-state index contributed by atoms with van der Waals surface area (Å²) in [5, 5.41) is 2.11. The molecular weight excluding hydrogens is 280 g/mol. The van der Waals surface area contributed by atoms with Crippen LogP contribution in [0, 0.1) is 5.92 Å². The van der Waals surface area contributed by atoms with E-state index < -0.39 is 0 Å². The summed E-state index contributed by atoms with van der Waals surface area (Å²) in [6.45, 7) is 3.36. The van der Waals surface area contributed by atoms with Crippen molar-refractivity contribution in [1.29, 1.82) is 0 Å². The minimum absolute atomic E-state index is 0.688. The van der Waals surface area contributed by atoms with Crippen LogP contribution in [-0.2, 0) is 6.54 Å². The number of aromatic nitrogens is 3. The first-order chi connectivity index (χ1) is 10.3. The molecule has 1 aliphatic rings. The molecule has 0 aromatic carbocycles. The van der Waals surface area contributed by atoms with Gasteiger partial charge in [-0.3, -0.25) is 0 Å². The highest BCUT2D eigenvalue weighted by Crippen LogP contribution is 2.29. The van der Waals surface area contributed by atoms with Crippen molar-refractivity contribution in [2.45, 2.75) is 13.0 Å². The lowest BCUT2D eigenvalue weighted by atomic mass is 10.1. The first-order valence-corrected chi connectivity index (χ1v) is 8.23.